The van der Waals surface area contributed by atoms with Crippen molar-refractivity contribution in [2.45, 2.75) is 25.3 Å². The lowest BCUT2D eigenvalue weighted by Crippen LogP contribution is -2.48. The van der Waals surface area contributed by atoms with Crippen molar-refractivity contribution in [3.63, 3.8) is 0 Å². The van der Waals surface area contributed by atoms with E-state index < -0.39 is 15.9 Å². The molecular formula is C18H23N3O3S2. The number of thiophene rings is 1. The molecule has 0 saturated carbocycles. The number of amides is 1. The number of nitrogens with two attached hydrogens (primary N) is 1. The predicted octanol–water partition coefficient (Wildman–Crippen LogP) is 1.97. The minimum Gasteiger partial charge on any atom is -0.366 e. The molecule has 3 rings (SSSR count). The Balaban J connectivity index is 1.62. The molecule has 0 aliphatic carbocycles. The quantitative estimate of drug-likeness (QED) is 0.842. The fourth-order valence-electron chi connectivity index (χ4n) is 3.16. The van der Waals surface area contributed by atoms with Gasteiger partial charge in [-0.2, -0.15) is 4.31 Å². The molecule has 1 amide bonds. The van der Waals surface area contributed by atoms with E-state index >= 15 is 0 Å². The Morgan fingerprint density at radius 1 is 1.12 bits per heavy atom. The monoisotopic (exact) mass is 393 g/mol. The van der Waals surface area contributed by atoms with Gasteiger partial charge in [0, 0.05) is 48.0 Å². The van der Waals surface area contributed by atoms with Crippen molar-refractivity contribution < 1.29 is 13.2 Å². The van der Waals surface area contributed by atoms with Crippen molar-refractivity contribution in [3.8, 4) is 0 Å². The van der Waals surface area contributed by atoms with Crippen LogP contribution in [0.4, 0.5) is 0 Å². The number of carbonyl (C=O) groups is 1. The Morgan fingerprint density at radius 3 is 2.23 bits per heavy atom. The highest BCUT2D eigenvalue weighted by molar-refractivity contribution is 7.89. The first kappa shape index (κ1) is 19.0. The summed E-state index contributed by atoms with van der Waals surface area (Å²) in [6, 6.07) is 8.99. The van der Waals surface area contributed by atoms with E-state index in [0.29, 0.717) is 36.6 Å². The van der Waals surface area contributed by atoms with E-state index in [-0.39, 0.29) is 0 Å². The maximum atomic E-state index is 12.9. The van der Waals surface area contributed by atoms with Gasteiger partial charge in [0.25, 0.3) is 0 Å². The van der Waals surface area contributed by atoms with Gasteiger partial charge >= 0.3 is 0 Å². The number of rotatable bonds is 5. The molecule has 0 radical (unpaired) electrons. The number of piperazine rings is 1. The van der Waals surface area contributed by atoms with Gasteiger partial charge in [0.1, 0.15) is 0 Å². The lowest BCUT2D eigenvalue weighted by atomic mass is 10.1. The molecule has 0 atom stereocenters. The lowest BCUT2D eigenvalue weighted by molar-refractivity contribution is 0.1000. The standard InChI is InChI=1S/C18H23N3O3S2/c1-13-11-17(14(2)25-13)26(23,24)21-9-7-20(8-10-21)12-15-3-5-16(6-4-15)18(19)22/h3-6,11H,7-10,12H2,1-2H3,(H2,19,22). The molecule has 2 heterocycles. The van der Waals surface area contributed by atoms with Gasteiger partial charge in [0.05, 0.1) is 4.90 Å². The summed E-state index contributed by atoms with van der Waals surface area (Å²) >= 11 is 1.52. The van der Waals surface area contributed by atoms with E-state index in [1.165, 1.54) is 11.3 Å². The number of sulfonamides is 1. The molecule has 0 unspecified atom stereocenters. The van der Waals surface area contributed by atoms with Crippen LogP contribution in [0.5, 0.6) is 0 Å². The molecule has 1 aromatic heterocycles. The van der Waals surface area contributed by atoms with Gasteiger partial charge in [-0.05, 0) is 37.6 Å². The number of nitrogens with zero attached hydrogens (tertiary/aromatic N) is 2. The first-order valence-electron chi connectivity index (χ1n) is 8.45. The first-order valence-corrected chi connectivity index (χ1v) is 10.7. The van der Waals surface area contributed by atoms with Crippen LogP contribution in [0.1, 0.15) is 25.7 Å². The topological polar surface area (TPSA) is 83.7 Å². The van der Waals surface area contributed by atoms with Crippen molar-refractivity contribution in [2.24, 2.45) is 5.73 Å². The van der Waals surface area contributed by atoms with Crippen LogP contribution < -0.4 is 5.73 Å². The van der Waals surface area contributed by atoms with E-state index in [1.54, 1.807) is 22.5 Å². The second kappa shape index (κ2) is 7.48. The Labute approximate surface area is 158 Å². The van der Waals surface area contributed by atoms with E-state index in [2.05, 4.69) is 4.90 Å². The van der Waals surface area contributed by atoms with Gasteiger partial charge in [-0.25, -0.2) is 8.42 Å². The number of hydrogen-bond donors (Lipinski definition) is 1. The molecule has 1 aliphatic rings. The Hall–Kier alpha value is -1.74. The molecule has 1 aliphatic heterocycles. The average Bonchev–Trinajstić information content (AvgIpc) is 2.95. The number of benzene rings is 1. The third-order valence-electron chi connectivity index (χ3n) is 4.59. The van der Waals surface area contributed by atoms with Crippen LogP contribution in [-0.2, 0) is 16.6 Å². The van der Waals surface area contributed by atoms with Crippen LogP contribution >= 0.6 is 11.3 Å². The zero-order valence-electron chi connectivity index (χ0n) is 14.9. The third kappa shape index (κ3) is 3.98. The molecule has 2 N–H and O–H groups in total. The molecule has 0 spiro atoms. The van der Waals surface area contributed by atoms with Crippen LogP contribution in [0.3, 0.4) is 0 Å². The SMILES string of the molecule is Cc1cc(S(=O)(=O)N2CCN(Cc3ccc(C(N)=O)cc3)CC2)c(C)s1. The van der Waals surface area contributed by atoms with Crippen molar-refractivity contribution in [2.75, 3.05) is 26.2 Å². The Kier molecular flexibility index (Phi) is 5.47. The van der Waals surface area contributed by atoms with Gasteiger partial charge in [-0.1, -0.05) is 12.1 Å². The van der Waals surface area contributed by atoms with Gasteiger partial charge in [0.15, 0.2) is 0 Å². The molecule has 1 saturated heterocycles. The van der Waals surface area contributed by atoms with Gasteiger partial charge in [0.2, 0.25) is 15.9 Å². The second-order valence-electron chi connectivity index (χ2n) is 6.52. The number of primary amides is 1. The molecule has 1 fully saturated rings. The summed E-state index contributed by atoms with van der Waals surface area (Å²) < 4.78 is 27.3. The molecule has 140 valence electrons. The zero-order valence-corrected chi connectivity index (χ0v) is 16.6. The van der Waals surface area contributed by atoms with Crippen LogP contribution in [0, 0.1) is 13.8 Å². The largest absolute Gasteiger partial charge is 0.366 e. The smallest absolute Gasteiger partial charge is 0.248 e. The van der Waals surface area contributed by atoms with E-state index in [0.717, 1.165) is 21.9 Å². The first-order chi connectivity index (χ1) is 12.3. The number of carbonyl (C=O) groups excluding carboxylic acids is 1. The van der Waals surface area contributed by atoms with E-state index in [1.807, 2.05) is 26.0 Å². The summed E-state index contributed by atoms with van der Waals surface area (Å²) in [4.78, 5) is 15.6. The highest BCUT2D eigenvalue weighted by Gasteiger charge is 2.30. The molecule has 0 bridgehead atoms. The molecule has 26 heavy (non-hydrogen) atoms. The summed E-state index contributed by atoms with van der Waals surface area (Å²) in [5, 5.41) is 0. The van der Waals surface area contributed by atoms with Crippen LogP contribution in [-0.4, -0.2) is 49.7 Å². The number of hydrogen-bond acceptors (Lipinski definition) is 5. The van der Waals surface area contributed by atoms with Gasteiger partial charge < -0.3 is 5.73 Å². The summed E-state index contributed by atoms with van der Waals surface area (Å²) in [5.74, 6) is -0.436. The van der Waals surface area contributed by atoms with E-state index in [9.17, 15) is 13.2 Å². The van der Waals surface area contributed by atoms with Crippen LogP contribution in [0.25, 0.3) is 0 Å². The highest BCUT2D eigenvalue weighted by Crippen LogP contribution is 2.28. The molecule has 2 aromatic rings. The third-order valence-corrected chi connectivity index (χ3v) is 7.71. The maximum absolute atomic E-state index is 12.9. The molecular weight excluding hydrogens is 370 g/mol. The van der Waals surface area contributed by atoms with Crippen LogP contribution in [0.2, 0.25) is 0 Å². The maximum Gasteiger partial charge on any atom is 0.248 e. The van der Waals surface area contributed by atoms with Crippen molar-refractivity contribution in [1.29, 1.82) is 0 Å². The minimum absolute atomic E-state index is 0.436. The van der Waals surface area contributed by atoms with Crippen molar-refractivity contribution in [1.82, 2.24) is 9.21 Å². The second-order valence-corrected chi connectivity index (χ2v) is 9.89. The lowest BCUT2D eigenvalue weighted by Gasteiger charge is -2.34. The number of aryl methyl sites for hydroxylation is 2. The fourth-order valence-corrected chi connectivity index (χ4v) is 6.11. The summed E-state index contributed by atoms with van der Waals surface area (Å²) in [6.45, 7) is 6.84. The zero-order chi connectivity index (χ0) is 18.9. The molecule has 8 heteroatoms. The van der Waals surface area contributed by atoms with Crippen LogP contribution in [0.15, 0.2) is 35.2 Å². The highest BCUT2D eigenvalue weighted by atomic mass is 32.2. The molecule has 1 aromatic carbocycles. The Morgan fingerprint density at radius 2 is 1.73 bits per heavy atom. The van der Waals surface area contributed by atoms with Gasteiger partial charge in [-0.15, -0.1) is 11.3 Å². The molecule has 6 nitrogen and oxygen atoms in total. The summed E-state index contributed by atoms with van der Waals surface area (Å²) in [6.07, 6.45) is 0. The predicted molar refractivity (Wildman–Crippen MR) is 103 cm³/mol. The normalized spacial score (nSPS) is 16.7. The van der Waals surface area contributed by atoms with Crippen molar-refractivity contribution >= 4 is 27.3 Å². The van der Waals surface area contributed by atoms with E-state index in [4.69, 9.17) is 5.73 Å². The van der Waals surface area contributed by atoms with Crippen molar-refractivity contribution in [3.05, 3.63) is 51.2 Å². The average molecular weight is 394 g/mol. The Bertz CT molecular complexity index is 896. The minimum atomic E-state index is -3.42. The van der Waals surface area contributed by atoms with Gasteiger partial charge in [-0.3, -0.25) is 9.69 Å². The fraction of sp³-hybridized carbons (Fsp3) is 0.389. The summed E-state index contributed by atoms with van der Waals surface area (Å²) in [7, 11) is -3.42. The summed E-state index contributed by atoms with van der Waals surface area (Å²) in [5.41, 5.74) is 6.82.